The Balaban J connectivity index is 1.75. The SMILES string of the molecule is [2H]C1(c2ccc(C([2H])([2H])c3cc(C4(OC)O[C@H](CO)[C@@H](O)[C@H](O)[C@H]4O)ccc3Cl)cc2)CC1. The summed E-state index contributed by atoms with van der Waals surface area (Å²) in [6, 6.07) is 11.0. The van der Waals surface area contributed by atoms with E-state index in [1.54, 1.807) is 24.3 Å². The number of aliphatic hydroxyl groups is 4. The molecule has 4 rings (SSSR count). The topological polar surface area (TPSA) is 99.4 Å². The minimum Gasteiger partial charge on any atom is -0.394 e. The van der Waals surface area contributed by atoms with Crippen molar-refractivity contribution >= 4 is 11.6 Å². The van der Waals surface area contributed by atoms with Crippen molar-refractivity contribution in [2.75, 3.05) is 13.7 Å². The zero-order valence-corrected chi connectivity index (χ0v) is 17.2. The summed E-state index contributed by atoms with van der Waals surface area (Å²) in [6.07, 6.45) is -6.69. The Labute approximate surface area is 184 Å². The maximum Gasteiger partial charge on any atom is 0.224 e. The van der Waals surface area contributed by atoms with Crippen LogP contribution >= 0.6 is 11.6 Å². The maximum absolute atomic E-state index is 10.7. The predicted octanol–water partition coefficient (Wildman–Crippen LogP) is 2.08. The van der Waals surface area contributed by atoms with Crippen LogP contribution in [-0.4, -0.2) is 58.6 Å². The number of methoxy groups -OCH3 is 1. The summed E-state index contributed by atoms with van der Waals surface area (Å²) < 4.78 is 37.0. The van der Waals surface area contributed by atoms with E-state index in [1.165, 1.54) is 25.3 Å². The van der Waals surface area contributed by atoms with Gasteiger partial charge in [-0.1, -0.05) is 41.9 Å². The van der Waals surface area contributed by atoms with E-state index < -0.39 is 49.1 Å². The normalized spacial score (nSPS) is 34.7. The van der Waals surface area contributed by atoms with Crippen molar-refractivity contribution in [3.8, 4) is 0 Å². The molecule has 0 aromatic heterocycles. The van der Waals surface area contributed by atoms with Crippen LogP contribution in [0.2, 0.25) is 5.02 Å². The molecule has 0 amide bonds. The van der Waals surface area contributed by atoms with Gasteiger partial charge in [-0.2, -0.15) is 0 Å². The molecule has 2 aromatic rings. The number of aliphatic hydroxyl groups excluding tert-OH is 4. The lowest BCUT2D eigenvalue weighted by molar-refractivity contribution is -0.366. The van der Waals surface area contributed by atoms with Crippen LogP contribution in [0.15, 0.2) is 42.5 Å². The quantitative estimate of drug-likeness (QED) is 0.552. The van der Waals surface area contributed by atoms with E-state index in [0.29, 0.717) is 5.56 Å². The number of hydrogen-bond acceptors (Lipinski definition) is 6. The predicted molar refractivity (Wildman–Crippen MR) is 111 cm³/mol. The summed E-state index contributed by atoms with van der Waals surface area (Å²) in [7, 11) is 1.23. The second-order valence-corrected chi connectivity index (χ2v) is 8.04. The molecule has 1 saturated carbocycles. The molecule has 1 heterocycles. The second kappa shape index (κ2) is 8.55. The maximum atomic E-state index is 10.7. The smallest absolute Gasteiger partial charge is 0.224 e. The summed E-state index contributed by atoms with van der Waals surface area (Å²) in [5.74, 6) is -2.56. The van der Waals surface area contributed by atoms with Gasteiger partial charge in [-0.15, -0.1) is 0 Å². The summed E-state index contributed by atoms with van der Waals surface area (Å²) >= 11 is 6.37. The molecule has 4 N–H and O–H groups in total. The molecule has 1 saturated heterocycles. The van der Waals surface area contributed by atoms with Crippen molar-refractivity contribution in [2.45, 2.75) is 55.3 Å². The number of rotatable bonds is 6. The summed E-state index contributed by atoms with van der Waals surface area (Å²) in [5.41, 5.74) is 1.40. The van der Waals surface area contributed by atoms with Crippen LogP contribution in [0.4, 0.5) is 0 Å². The van der Waals surface area contributed by atoms with E-state index in [9.17, 15) is 20.4 Å². The Bertz CT molecular complexity index is 1010. The van der Waals surface area contributed by atoms with Crippen LogP contribution in [0.1, 0.15) is 45.1 Å². The molecule has 30 heavy (non-hydrogen) atoms. The van der Waals surface area contributed by atoms with E-state index in [0.717, 1.165) is 18.4 Å². The van der Waals surface area contributed by atoms with Gasteiger partial charge in [-0.25, -0.2) is 0 Å². The van der Waals surface area contributed by atoms with Gasteiger partial charge < -0.3 is 29.9 Å². The Kier molecular flexibility index (Phi) is 5.16. The zero-order chi connectivity index (χ0) is 24.2. The highest BCUT2D eigenvalue weighted by Gasteiger charge is 2.55. The molecule has 7 heteroatoms. The van der Waals surface area contributed by atoms with Crippen molar-refractivity contribution in [1.82, 2.24) is 0 Å². The first-order valence-electron chi connectivity index (χ1n) is 11.3. The largest absolute Gasteiger partial charge is 0.394 e. The van der Waals surface area contributed by atoms with Crippen molar-refractivity contribution in [3.05, 3.63) is 69.7 Å². The van der Waals surface area contributed by atoms with Crippen LogP contribution in [-0.2, 0) is 21.6 Å². The molecule has 1 aliphatic heterocycles. The third kappa shape index (κ3) is 3.89. The summed E-state index contributed by atoms with van der Waals surface area (Å²) in [6.45, 7) is -0.638. The minimum absolute atomic E-state index is 0.0785. The minimum atomic E-state index is -2.05. The van der Waals surface area contributed by atoms with Crippen molar-refractivity contribution in [2.24, 2.45) is 0 Å². The molecule has 1 unspecified atom stereocenters. The average molecular weight is 438 g/mol. The van der Waals surface area contributed by atoms with Crippen LogP contribution in [0.3, 0.4) is 0 Å². The Hall–Kier alpha value is -1.51. The van der Waals surface area contributed by atoms with E-state index in [1.807, 2.05) is 0 Å². The molecule has 2 fully saturated rings. The Morgan fingerprint density at radius 3 is 2.47 bits per heavy atom. The van der Waals surface area contributed by atoms with Crippen molar-refractivity contribution < 1.29 is 34.0 Å². The zero-order valence-electron chi connectivity index (χ0n) is 19.5. The molecule has 0 bridgehead atoms. The van der Waals surface area contributed by atoms with Gasteiger partial charge in [0.05, 0.1) is 6.61 Å². The molecule has 6 nitrogen and oxygen atoms in total. The fraction of sp³-hybridized carbons (Fsp3) is 0.478. The third-order valence-electron chi connectivity index (χ3n) is 5.69. The van der Waals surface area contributed by atoms with Gasteiger partial charge in [0.2, 0.25) is 5.79 Å². The first-order valence-corrected chi connectivity index (χ1v) is 10.2. The summed E-state index contributed by atoms with van der Waals surface area (Å²) in [5, 5.41) is 40.9. The van der Waals surface area contributed by atoms with Gasteiger partial charge in [0.25, 0.3) is 0 Å². The van der Waals surface area contributed by atoms with Gasteiger partial charge in [0, 0.05) is 21.8 Å². The second-order valence-electron chi connectivity index (χ2n) is 7.64. The Morgan fingerprint density at radius 2 is 1.87 bits per heavy atom. The van der Waals surface area contributed by atoms with Crippen molar-refractivity contribution in [3.63, 3.8) is 0 Å². The molecule has 0 radical (unpaired) electrons. The van der Waals surface area contributed by atoms with E-state index in [-0.39, 0.29) is 16.1 Å². The van der Waals surface area contributed by atoms with E-state index in [4.69, 9.17) is 25.2 Å². The van der Waals surface area contributed by atoms with Crippen LogP contribution in [0.25, 0.3) is 0 Å². The highest BCUT2D eigenvalue weighted by atomic mass is 35.5. The molecular formula is C23H27ClO6. The van der Waals surface area contributed by atoms with Gasteiger partial charge in [-0.05, 0) is 53.9 Å². The van der Waals surface area contributed by atoms with Gasteiger partial charge in [-0.3, -0.25) is 0 Å². The lowest BCUT2D eigenvalue weighted by atomic mass is 9.87. The number of halogens is 1. The molecular weight excluding hydrogens is 408 g/mol. The third-order valence-corrected chi connectivity index (χ3v) is 6.02. The van der Waals surface area contributed by atoms with E-state index >= 15 is 0 Å². The molecule has 0 spiro atoms. The molecule has 1 aliphatic carbocycles. The monoisotopic (exact) mass is 437 g/mol. The summed E-state index contributed by atoms with van der Waals surface area (Å²) in [4.78, 5) is 0. The van der Waals surface area contributed by atoms with Gasteiger partial charge in [0.15, 0.2) is 0 Å². The van der Waals surface area contributed by atoms with Crippen LogP contribution in [0, 0.1) is 0 Å². The van der Waals surface area contributed by atoms with E-state index in [2.05, 4.69) is 0 Å². The highest BCUT2D eigenvalue weighted by molar-refractivity contribution is 6.31. The van der Waals surface area contributed by atoms with Crippen molar-refractivity contribution in [1.29, 1.82) is 0 Å². The number of benzene rings is 2. The number of hydrogen-bond donors (Lipinski definition) is 4. The fourth-order valence-electron chi connectivity index (χ4n) is 3.80. The lowest BCUT2D eigenvalue weighted by Gasteiger charge is -2.47. The molecule has 162 valence electrons. The Morgan fingerprint density at radius 1 is 1.17 bits per heavy atom. The van der Waals surface area contributed by atoms with Crippen LogP contribution < -0.4 is 0 Å². The fourth-order valence-corrected chi connectivity index (χ4v) is 3.97. The molecule has 2 aliphatic rings. The van der Waals surface area contributed by atoms with Crippen LogP contribution in [0.5, 0.6) is 0 Å². The molecule has 5 atom stereocenters. The first kappa shape index (κ1) is 18.1. The molecule has 2 aromatic carbocycles. The standard InChI is InChI=1S/C23H27ClO6/c1-29-23(22(28)21(27)20(26)19(12-25)30-23)17-8-9-18(24)16(11-17)10-13-2-4-14(5-3-13)15-6-7-15/h2-5,8-9,11,15,19-22,25-28H,6-7,10,12H2,1H3/t19-,20-,21+,22-,23?/m1/s1/i10D2,15D. The number of ether oxygens (including phenoxy) is 2. The average Bonchev–Trinajstić information content (AvgIpc) is 3.57. The lowest BCUT2D eigenvalue weighted by Crippen LogP contribution is -2.64. The highest BCUT2D eigenvalue weighted by Crippen LogP contribution is 2.41. The van der Waals surface area contributed by atoms with Gasteiger partial charge in [0.1, 0.15) is 24.4 Å². The first-order chi connectivity index (χ1) is 15.5. The van der Waals surface area contributed by atoms with Gasteiger partial charge >= 0.3 is 0 Å².